The Hall–Kier alpha value is -4.43. The number of carbonyl (C=O) groups is 1. The zero-order chi connectivity index (χ0) is 32.2. The summed E-state index contributed by atoms with van der Waals surface area (Å²) in [5.74, 6) is 0.456. The molecule has 0 aliphatic carbocycles. The summed E-state index contributed by atoms with van der Waals surface area (Å²) in [5, 5.41) is 3.15. The Balaban J connectivity index is 1.44. The summed E-state index contributed by atoms with van der Waals surface area (Å²) < 4.78 is 33.7. The highest BCUT2D eigenvalue weighted by atomic mass is 32.2. The number of sulfone groups is 1. The molecule has 8 heteroatoms. The van der Waals surface area contributed by atoms with Gasteiger partial charge in [0.15, 0.2) is 9.84 Å². The zero-order valence-electron chi connectivity index (χ0n) is 26.6. The van der Waals surface area contributed by atoms with E-state index in [4.69, 9.17) is 9.72 Å². The minimum atomic E-state index is -3.50. The molecule has 234 valence electrons. The van der Waals surface area contributed by atoms with E-state index >= 15 is 0 Å². The summed E-state index contributed by atoms with van der Waals surface area (Å²) in [4.78, 5) is 18.3. The number of esters is 1. The molecular formula is C37H41N3O4S. The predicted octanol–water partition coefficient (Wildman–Crippen LogP) is 8.20. The average molecular weight is 624 g/mol. The molecule has 0 atom stereocenters. The van der Waals surface area contributed by atoms with E-state index < -0.39 is 15.4 Å². The largest absolute Gasteiger partial charge is 0.456 e. The third-order valence-corrected chi connectivity index (χ3v) is 9.11. The van der Waals surface area contributed by atoms with Crippen molar-refractivity contribution >= 4 is 32.5 Å². The van der Waals surface area contributed by atoms with Gasteiger partial charge in [-0.15, -0.1) is 0 Å². The topological polar surface area (TPSA) is 90.3 Å². The fourth-order valence-corrected chi connectivity index (χ4v) is 6.45. The number of nitrogens with one attached hydrogen (secondary N) is 1. The van der Waals surface area contributed by atoms with Crippen LogP contribution in [-0.2, 0) is 27.5 Å². The Labute approximate surface area is 266 Å². The number of aryl methyl sites for hydroxylation is 2. The van der Waals surface area contributed by atoms with Crippen LogP contribution >= 0.6 is 0 Å². The molecule has 0 fully saturated rings. The lowest BCUT2D eigenvalue weighted by atomic mass is 9.98. The molecule has 0 amide bonds. The zero-order valence-corrected chi connectivity index (χ0v) is 27.4. The first kappa shape index (κ1) is 32.0. The van der Waals surface area contributed by atoms with E-state index in [2.05, 4.69) is 28.9 Å². The van der Waals surface area contributed by atoms with Gasteiger partial charge in [-0.3, -0.25) is 0 Å². The van der Waals surface area contributed by atoms with E-state index in [1.807, 2.05) is 70.2 Å². The van der Waals surface area contributed by atoms with E-state index in [0.29, 0.717) is 17.0 Å². The minimum absolute atomic E-state index is 0.203. The standard InChI is InChI=1S/C37H41N3O4S/c1-6-7-17-34-39-35-26(2)22-29(38-25-45(42,43)30-13-9-8-10-14-30)23-33(35)40(34)24-27-18-20-28(21-19-27)31-15-11-12-16-32(31)36(41)44-37(3,4)5/h8-16,18-23,38H,6-7,17,24-25H2,1-5H3. The molecule has 0 spiro atoms. The quantitative estimate of drug-likeness (QED) is 0.149. The first-order chi connectivity index (χ1) is 21.4. The number of imidazole rings is 1. The normalized spacial score (nSPS) is 11.9. The lowest BCUT2D eigenvalue weighted by Gasteiger charge is -2.20. The van der Waals surface area contributed by atoms with Gasteiger partial charge in [0.1, 0.15) is 17.3 Å². The van der Waals surface area contributed by atoms with Crippen LogP contribution in [0.15, 0.2) is 95.9 Å². The number of carbonyl (C=O) groups excluding carboxylic acids is 1. The number of hydrogen-bond acceptors (Lipinski definition) is 6. The molecule has 4 aromatic carbocycles. The van der Waals surface area contributed by atoms with Crippen molar-refractivity contribution in [2.75, 3.05) is 11.2 Å². The maximum atomic E-state index is 12.9. The van der Waals surface area contributed by atoms with Gasteiger partial charge in [0.2, 0.25) is 0 Å². The molecule has 1 N–H and O–H groups in total. The number of ether oxygens (including phenoxy) is 1. The van der Waals surface area contributed by atoms with Crippen LogP contribution in [-0.4, -0.2) is 35.4 Å². The van der Waals surface area contributed by atoms with Crippen LogP contribution in [0.2, 0.25) is 0 Å². The average Bonchev–Trinajstić information content (AvgIpc) is 3.36. The van der Waals surface area contributed by atoms with Gasteiger partial charge in [-0.05, 0) is 86.7 Å². The van der Waals surface area contributed by atoms with E-state index in [-0.39, 0.29) is 11.8 Å². The highest BCUT2D eigenvalue weighted by Crippen LogP contribution is 2.29. The summed E-state index contributed by atoms with van der Waals surface area (Å²) in [5.41, 5.74) is 6.40. The predicted molar refractivity (Wildman–Crippen MR) is 181 cm³/mol. The number of rotatable bonds is 11. The van der Waals surface area contributed by atoms with Crippen LogP contribution in [0.25, 0.3) is 22.2 Å². The first-order valence-corrected chi connectivity index (χ1v) is 17.0. The molecule has 0 radical (unpaired) electrons. The van der Waals surface area contributed by atoms with Crippen molar-refractivity contribution in [1.82, 2.24) is 9.55 Å². The van der Waals surface area contributed by atoms with Crippen molar-refractivity contribution in [3.05, 3.63) is 114 Å². The maximum absolute atomic E-state index is 12.9. The molecule has 5 rings (SSSR count). The van der Waals surface area contributed by atoms with Crippen LogP contribution in [0, 0.1) is 6.92 Å². The molecule has 0 aliphatic rings. The van der Waals surface area contributed by atoms with Gasteiger partial charge in [-0.2, -0.15) is 0 Å². The van der Waals surface area contributed by atoms with Gasteiger partial charge in [0, 0.05) is 18.7 Å². The molecule has 0 aliphatic heterocycles. The monoisotopic (exact) mass is 623 g/mol. The summed E-state index contributed by atoms with van der Waals surface area (Å²) >= 11 is 0. The Morgan fingerprint density at radius 1 is 0.933 bits per heavy atom. The highest BCUT2D eigenvalue weighted by molar-refractivity contribution is 7.91. The number of anilines is 1. The number of fused-ring (bicyclic) bond motifs is 1. The Morgan fingerprint density at radius 2 is 1.62 bits per heavy atom. The molecule has 5 aromatic rings. The van der Waals surface area contributed by atoms with Crippen molar-refractivity contribution < 1.29 is 17.9 Å². The first-order valence-electron chi connectivity index (χ1n) is 15.4. The second-order valence-electron chi connectivity index (χ2n) is 12.4. The highest BCUT2D eigenvalue weighted by Gasteiger charge is 2.21. The number of hydrogen-bond donors (Lipinski definition) is 1. The summed E-state index contributed by atoms with van der Waals surface area (Å²) in [6, 6.07) is 28.2. The van der Waals surface area contributed by atoms with Crippen LogP contribution < -0.4 is 5.32 Å². The van der Waals surface area contributed by atoms with Gasteiger partial charge >= 0.3 is 5.97 Å². The van der Waals surface area contributed by atoms with Gasteiger partial charge in [0.05, 0.1) is 21.5 Å². The van der Waals surface area contributed by atoms with Crippen molar-refractivity contribution in [3.63, 3.8) is 0 Å². The molecule has 0 saturated carbocycles. The molecule has 45 heavy (non-hydrogen) atoms. The van der Waals surface area contributed by atoms with Gasteiger partial charge < -0.3 is 14.6 Å². The number of unbranched alkanes of at least 4 members (excludes halogenated alkanes) is 1. The van der Waals surface area contributed by atoms with Crippen LogP contribution in [0.5, 0.6) is 0 Å². The lowest BCUT2D eigenvalue weighted by molar-refractivity contribution is 0.00704. The van der Waals surface area contributed by atoms with Gasteiger partial charge in [-0.25, -0.2) is 18.2 Å². The van der Waals surface area contributed by atoms with E-state index in [1.165, 1.54) is 0 Å². The Morgan fingerprint density at radius 3 is 2.31 bits per heavy atom. The van der Waals surface area contributed by atoms with Gasteiger partial charge in [0.25, 0.3) is 0 Å². The van der Waals surface area contributed by atoms with Crippen LogP contribution in [0.3, 0.4) is 0 Å². The van der Waals surface area contributed by atoms with E-state index in [9.17, 15) is 13.2 Å². The molecule has 1 aromatic heterocycles. The van der Waals surface area contributed by atoms with Crippen molar-refractivity contribution in [3.8, 4) is 11.1 Å². The Bertz CT molecular complexity index is 1910. The molecule has 0 saturated heterocycles. The van der Waals surface area contributed by atoms with Crippen LogP contribution in [0.1, 0.15) is 67.8 Å². The van der Waals surface area contributed by atoms with E-state index in [0.717, 1.165) is 64.1 Å². The second kappa shape index (κ2) is 13.3. The smallest absolute Gasteiger partial charge is 0.339 e. The molecular weight excluding hydrogens is 582 g/mol. The number of benzene rings is 4. The summed E-state index contributed by atoms with van der Waals surface area (Å²) in [7, 11) is -3.50. The van der Waals surface area contributed by atoms with Crippen molar-refractivity contribution in [1.29, 1.82) is 0 Å². The summed E-state index contributed by atoms with van der Waals surface area (Å²) in [6.45, 7) is 10.4. The molecule has 0 unspecified atom stereocenters. The van der Waals surface area contributed by atoms with E-state index in [1.54, 1.807) is 36.4 Å². The fraction of sp³-hybridized carbons (Fsp3) is 0.297. The van der Waals surface area contributed by atoms with Crippen LogP contribution in [0.4, 0.5) is 5.69 Å². The van der Waals surface area contributed by atoms with Gasteiger partial charge in [-0.1, -0.05) is 74.0 Å². The third-order valence-electron chi connectivity index (χ3n) is 7.60. The van der Waals surface area contributed by atoms with Crippen molar-refractivity contribution in [2.24, 2.45) is 0 Å². The number of nitrogens with zero attached hydrogens (tertiary/aromatic N) is 2. The maximum Gasteiger partial charge on any atom is 0.339 e. The number of aromatic nitrogens is 2. The second-order valence-corrected chi connectivity index (χ2v) is 14.4. The third kappa shape index (κ3) is 7.63. The SMILES string of the molecule is CCCCc1nc2c(C)cc(NCS(=O)(=O)c3ccccc3)cc2n1Cc1ccc(-c2ccccc2C(=O)OC(C)(C)C)cc1. The Kier molecular flexibility index (Phi) is 9.44. The molecule has 1 heterocycles. The molecule has 7 nitrogen and oxygen atoms in total. The van der Waals surface area contributed by atoms with Crippen molar-refractivity contribution in [2.45, 2.75) is 70.9 Å². The molecule has 0 bridgehead atoms. The minimum Gasteiger partial charge on any atom is -0.456 e. The summed E-state index contributed by atoms with van der Waals surface area (Å²) in [6.07, 6.45) is 2.92. The fourth-order valence-electron chi connectivity index (χ4n) is 5.35. The lowest BCUT2D eigenvalue weighted by Crippen LogP contribution is -2.24.